The number of carbonyl (C=O) groups is 1. The van der Waals surface area contributed by atoms with Gasteiger partial charge in [-0.2, -0.15) is 0 Å². The number of hydrogen-bond donors (Lipinski definition) is 1. The Morgan fingerprint density at radius 2 is 2.00 bits per heavy atom. The molecule has 1 fully saturated rings. The quantitative estimate of drug-likeness (QED) is 0.914. The molecule has 3 rings (SSSR count). The molecule has 0 aliphatic heterocycles. The van der Waals surface area contributed by atoms with E-state index in [-0.39, 0.29) is 18.6 Å². The predicted octanol–water partition coefficient (Wildman–Crippen LogP) is 2.70. The molecule has 120 valence electrons. The van der Waals surface area contributed by atoms with Crippen molar-refractivity contribution in [2.75, 3.05) is 13.2 Å². The van der Waals surface area contributed by atoms with Crippen molar-refractivity contribution >= 4 is 17.5 Å². The maximum atomic E-state index is 12.7. The van der Waals surface area contributed by atoms with Crippen molar-refractivity contribution in [3.8, 4) is 11.4 Å². The van der Waals surface area contributed by atoms with E-state index in [1.54, 1.807) is 23.1 Å². The molecule has 23 heavy (non-hydrogen) atoms. The van der Waals surface area contributed by atoms with E-state index >= 15 is 0 Å². The lowest BCUT2D eigenvalue weighted by Gasteiger charge is -2.21. The smallest absolute Gasteiger partial charge is 0.272 e. The molecule has 1 aliphatic carbocycles. The fraction of sp³-hybridized carbons (Fsp3) is 0.353. The summed E-state index contributed by atoms with van der Waals surface area (Å²) >= 11 is 5.90. The molecule has 1 heterocycles. The first-order valence-electron chi connectivity index (χ1n) is 7.62. The number of aryl methyl sites for hydroxylation is 1. The summed E-state index contributed by atoms with van der Waals surface area (Å²) in [5.41, 5.74) is 1.91. The van der Waals surface area contributed by atoms with Crippen molar-refractivity contribution in [1.82, 2.24) is 14.9 Å². The standard InChI is InChI=1S/C17H18ClN3O2/c1-11-10-15(17(23)21(8-9-22)14-6-7-14)20-16(19-11)12-2-4-13(18)5-3-12/h2-5,10,14,22H,6-9H2,1H3. The van der Waals surface area contributed by atoms with Crippen LogP contribution in [-0.4, -0.2) is 45.1 Å². The lowest BCUT2D eigenvalue weighted by molar-refractivity contribution is 0.0701. The fourth-order valence-corrected chi connectivity index (χ4v) is 2.62. The van der Waals surface area contributed by atoms with Gasteiger partial charge in [-0.1, -0.05) is 11.6 Å². The number of aliphatic hydroxyl groups is 1. The molecule has 0 unspecified atom stereocenters. The topological polar surface area (TPSA) is 66.3 Å². The normalized spacial score (nSPS) is 13.9. The van der Waals surface area contributed by atoms with E-state index in [9.17, 15) is 9.90 Å². The zero-order chi connectivity index (χ0) is 16.4. The molecule has 1 N–H and O–H groups in total. The third-order valence-corrected chi connectivity index (χ3v) is 4.02. The summed E-state index contributed by atoms with van der Waals surface area (Å²) in [6.07, 6.45) is 1.97. The van der Waals surface area contributed by atoms with Gasteiger partial charge in [-0.25, -0.2) is 9.97 Å². The predicted molar refractivity (Wildman–Crippen MR) is 88.4 cm³/mol. The molecule has 0 radical (unpaired) electrons. The summed E-state index contributed by atoms with van der Waals surface area (Å²) in [5.74, 6) is 0.354. The lowest BCUT2D eigenvalue weighted by atomic mass is 10.2. The van der Waals surface area contributed by atoms with E-state index in [0.29, 0.717) is 23.1 Å². The van der Waals surface area contributed by atoms with Gasteiger partial charge in [0, 0.05) is 28.9 Å². The van der Waals surface area contributed by atoms with Gasteiger partial charge in [-0.3, -0.25) is 4.79 Å². The monoisotopic (exact) mass is 331 g/mol. The number of aromatic nitrogens is 2. The van der Waals surface area contributed by atoms with Crippen LogP contribution in [0.3, 0.4) is 0 Å². The SMILES string of the molecule is Cc1cc(C(=O)N(CCO)C2CC2)nc(-c2ccc(Cl)cc2)n1. The zero-order valence-corrected chi connectivity index (χ0v) is 13.6. The highest BCUT2D eigenvalue weighted by atomic mass is 35.5. The van der Waals surface area contributed by atoms with Crippen molar-refractivity contribution in [1.29, 1.82) is 0 Å². The first-order valence-corrected chi connectivity index (χ1v) is 7.99. The third-order valence-electron chi connectivity index (χ3n) is 3.77. The first kappa shape index (κ1) is 15.9. The molecule has 1 aromatic heterocycles. The van der Waals surface area contributed by atoms with Crippen LogP contribution in [0, 0.1) is 6.92 Å². The number of hydrogen-bond acceptors (Lipinski definition) is 4. The lowest BCUT2D eigenvalue weighted by Crippen LogP contribution is -2.36. The van der Waals surface area contributed by atoms with Crippen molar-refractivity contribution in [3.05, 3.63) is 46.7 Å². The summed E-state index contributed by atoms with van der Waals surface area (Å²) in [6.45, 7) is 2.13. The summed E-state index contributed by atoms with van der Waals surface area (Å²) in [4.78, 5) is 23.2. The molecule has 1 aromatic carbocycles. The Labute approximate surface area is 139 Å². The van der Waals surface area contributed by atoms with Gasteiger partial charge in [-0.05, 0) is 50.1 Å². The Balaban J connectivity index is 1.93. The van der Waals surface area contributed by atoms with Gasteiger partial charge >= 0.3 is 0 Å². The molecule has 6 heteroatoms. The highest BCUT2D eigenvalue weighted by Crippen LogP contribution is 2.28. The number of rotatable bonds is 5. The van der Waals surface area contributed by atoms with Crippen LogP contribution in [0.4, 0.5) is 0 Å². The molecular weight excluding hydrogens is 314 g/mol. The van der Waals surface area contributed by atoms with Gasteiger partial charge < -0.3 is 10.0 Å². The van der Waals surface area contributed by atoms with E-state index in [1.165, 1.54) is 0 Å². The van der Waals surface area contributed by atoms with E-state index < -0.39 is 0 Å². The van der Waals surface area contributed by atoms with Crippen molar-refractivity contribution in [2.45, 2.75) is 25.8 Å². The van der Waals surface area contributed by atoms with Crippen LogP contribution in [-0.2, 0) is 0 Å². The zero-order valence-electron chi connectivity index (χ0n) is 12.9. The van der Waals surface area contributed by atoms with E-state index in [4.69, 9.17) is 11.6 Å². The van der Waals surface area contributed by atoms with E-state index in [0.717, 1.165) is 24.1 Å². The Morgan fingerprint density at radius 1 is 1.30 bits per heavy atom. The van der Waals surface area contributed by atoms with Gasteiger partial charge in [-0.15, -0.1) is 0 Å². The van der Waals surface area contributed by atoms with E-state index in [1.807, 2.05) is 19.1 Å². The van der Waals surface area contributed by atoms with Crippen LogP contribution >= 0.6 is 11.6 Å². The number of aliphatic hydroxyl groups excluding tert-OH is 1. The highest BCUT2D eigenvalue weighted by molar-refractivity contribution is 6.30. The highest BCUT2D eigenvalue weighted by Gasteiger charge is 2.33. The van der Waals surface area contributed by atoms with Gasteiger partial charge in [0.25, 0.3) is 5.91 Å². The van der Waals surface area contributed by atoms with Crippen LogP contribution in [0.5, 0.6) is 0 Å². The van der Waals surface area contributed by atoms with Gasteiger partial charge in [0.2, 0.25) is 0 Å². The Hall–Kier alpha value is -1.98. The summed E-state index contributed by atoms with van der Waals surface area (Å²) in [6, 6.07) is 9.12. The second kappa shape index (κ2) is 6.64. The molecule has 1 saturated carbocycles. The molecule has 2 aromatic rings. The minimum absolute atomic E-state index is 0.0453. The van der Waals surface area contributed by atoms with Gasteiger partial charge in [0.15, 0.2) is 5.82 Å². The fourth-order valence-electron chi connectivity index (χ4n) is 2.50. The average Bonchev–Trinajstić information content (AvgIpc) is 3.37. The molecule has 0 spiro atoms. The van der Waals surface area contributed by atoms with Crippen molar-refractivity contribution < 1.29 is 9.90 Å². The minimum Gasteiger partial charge on any atom is -0.395 e. The van der Waals surface area contributed by atoms with Crippen molar-refractivity contribution in [2.24, 2.45) is 0 Å². The summed E-state index contributed by atoms with van der Waals surface area (Å²) in [5, 5.41) is 9.82. The van der Waals surface area contributed by atoms with Crippen LogP contribution in [0.1, 0.15) is 29.0 Å². The number of carbonyl (C=O) groups excluding carboxylic acids is 1. The number of nitrogens with zero attached hydrogens (tertiary/aromatic N) is 3. The molecule has 1 aliphatic rings. The van der Waals surface area contributed by atoms with Crippen LogP contribution in [0.25, 0.3) is 11.4 Å². The molecule has 1 amide bonds. The van der Waals surface area contributed by atoms with Crippen LogP contribution < -0.4 is 0 Å². The largest absolute Gasteiger partial charge is 0.395 e. The summed E-state index contributed by atoms with van der Waals surface area (Å²) < 4.78 is 0. The van der Waals surface area contributed by atoms with Crippen molar-refractivity contribution in [3.63, 3.8) is 0 Å². The Morgan fingerprint density at radius 3 is 2.61 bits per heavy atom. The maximum absolute atomic E-state index is 12.7. The molecular formula is C17H18ClN3O2. The molecule has 0 bridgehead atoms. The molecule has 5 nitrogen and oxygen atoms in total. The van der Waals surface area contributed by atoms with Gasteiger partial charge in [0.05, 0.1) is 6.61 Å². The average molecular weight is 332 g/mol. The molecule has 0 saturated heterocycles. The van der Waals surface area contributed by atoms with E-state index in [2.05, 4.69) is 9.97 Å². The third kappa shape index (κ3) is 3.68. The minimum atomic E-state index is -0.151. The maximum Gasteiger partial charge on any atom is 0.272 e. The second-order valence-corrected chi connectivity index (χ2v) is 6.11. The first-order chi connectivity index (χ1) is 11.1. The van der Waals surface area contributed by atoms with Crippen LogP contribution in [0.15, 0.2) is 30.3 Å². The number of amides is 1. The Bertz CT molecular complexity index is 714. The molecule has 0 atom stereocenters. The number of benzene rings is 1. The van der Waals surface area contributed by atoms with Gasteiger partial charge in [0.1, 0.15) is 5.69 Å². The second-order valence-electron chi connectivity index (χ2n) is 5.68. The number of halogens is 1. The van der Waals surface area contributed by atoms with Crippen LogP contribution in [0.2, 0.25) is 5.02 Å². The summed E-state index contributed by atoms with van der Waals surface area (Å²) in [7, 11) is 0. The Kier molecular flexibility index (Phi) is 4.59.